The van der Waals surface area contributed by atoms with Gasteiger partial charge in [0.25, 0.3) is 0 Å². The van der Waals surface area contributed by atoms with E-state index in [1.165, 1.54) is 31.3 Å². The van der Waals surface area contributed by atoms with Crippen LogP contribution in [-0.2, 0) is 0 Å². The number of rotatable bonds is 7. The second kappa shape index (κ2) is 14.0. The molecule has 0 bridgehead atoms. The summed E-state index contributed by atoms with van der Waals surface area (Å²) in [5.41, 5.74) is 12.1. The molecule has 55 heavy (non-hydrogen) atoms. The fraction of sp³-hybridized carbons (Fsp3) is 0. The average molecular weight is 721 g/mol. The molecule has 3 aromatic heterocycles. The second-order valence-corrected chi connectivity index (χ2v) is 14.5. The third-order valence-electron chi connectivity index (χ3n) is 9.94. The number of fused-ring (bicyclic) bond motifs is 3. The van der Waals surface area contributed by atoms with E-state index in [-0.39, 0.29) is 0 Å². The van der Waals surface area contributed by atoms with Crippen molar-refractivity contribution in [1.29, 1.82) is 0 Å². The maximum absolute atomic E-state index is 5.16. The van der Waals surface area contributed by atoms with Crippen LogP contribution in [0.25, 0.3) is 99.1 Å². The summed E-state index contributed by atoms with van der Waals surface area (Å²) in [5, 5.41) is 2.38. The van der Waals surface area contributed by atoms with Crippen LogP contribution in [0.3, 0.4) is 0 Å². The molecular weight excluding hydrogens is 689 g/mol. The molecule has 0 saturated heterocycles. The smallest absolute Gasteiger partial charge is 0.160 e. The largest absolute Gasteiger partial charge is 0.228 e. The highest BCUT2D eigenvalue weighted by molar-refractivity contribution is 7.26. The van der Waals surface area contributed by atoms with Crippen molar-refractivity contribution >= 4 is 31.5 Å². The Morgan fingerprint density at radius 2 is 0.727 bits per heavy atom. The number of hydrogen-bond acceptors (Lipinski definition) is 5. The van der Waals surface area contributed by atoms with Gasteiger partial charge < -0.3 is 0 Å². The molecule has 0 saturated carbocycles. The van der Waals surface area contributed by atoms with E-state index < -0.39 is 0 Å². The minimum Gasteiger partial charge on any atom is -0.228 e. The maximum atomic E-state index is 5.16. The highest BCUT2D eigenvalue weighted by atomic mass is 32.1. The van der Waals surface area contributed by atoms with E-state index in [2.05, 4.69) is 146 Å². The topological polar surface area (TPSA) is 51.6 Å². The molecule has 0 aliphatic carbocycles. The molecule has 4 nitrogen and oxygen atoms in total. The lowest BCUT2D eigenvalue weighted by Gasteiger charge is -2.10. The van der Waals surface area contributed by atoms with Crippen molar-refractivity contribution in [3.8, 4) is 78.9 Å². The van der Waals surface area contributed by atoms with E-state index in [4.69, 9.17) is 19.9 Å². The van der Waals surface area contributed by atoms with Gasteiger partial charge in [-0.1, -0.05) is 170 Å². The van der Waals surface area contributed by atoms with Crippen molar-refractivity contribution in [2.45, 2.75) is 0 Å². The molecule has 3 heterocycles. The van der Waals surface area contributed by atoms with Crippen molar-refractivity contribution in [3.63, 3.8) is 0 Å². The van der Waals surface area contributed by atoms with Gasteiger partial charge in [-0.15, -0.1) is 11.3 Å². The summed E-state index contributed by atoms with van der Waals surface area (Å²) in [4.78, 5) is 20.4. The Kier molecular flexibility index (Phi) is 8.32. The molecule has 0 aliphatic heterocycles. The first-order valence-corrected chi connectivity index (χ1v) is 19.1. The van der Waals surface area contributed by atoms with Crippen LogP contribution in [0, 0.1) is 0 Å². The monoisotopic (exact) mass is 720 g/mol. The van der Waals surface area contributed by atoms with Crippen LogP contribution in [0.5, 0.6) is 0 Å². The predicted octanol–water partition coefficient (Wildman–Crippen LogP) is 13.3. The fourth-order valence-corrected chi connectivity index (χ4v) is 8.35. The van der Waals surface area contributed by atoms with Crippen molar-refractivity contribution in [2.24, 2.45) is 0 Å². The van der Waals surface area contributed by atoms with Crippen molar-refractivity contribution in [2.75, 3.05) is 0 Å². The molecular formula is C50H32N4S. The molecule has 7 aromatic carbocycles. The van der Waals surface area contributed by atoms with Gasteiger partial charge in [-0.2, -0.15) is 0 Å². The normalized spacial score (nSPS) is 11.3. The summed E-state index contributed by atoms with van der Waals surface area (Å²) in [6.45, 7) is 0. The number of benzene rings is 7. The Labute approximate surface area is 323 Å². The second-order valence-electron chi connectivity index (χ2n) is 13.5. The van der Waals surface area contributed by atoms with Gasteiger partial charge in [0.2, 0.25) is 0 Å². The maximum Gasteiger partial charge on any atom is 0.160 e. The summed E-state index contributed by atoms with van der Waals surface area (Å²) < 4.78 is 2.40. The lowest BCUT2D eigenvalue weighted by Crippen LogP contribution is -1.96. The van der Waals surface area contributed by atoms with E-state index >= 15 is 0 Å². The standard InChI is InChI=1S/C50H32N4S/c1-5-14-33(15-6-1)34-24-26-36(27-25-34)43-31-45(53-49(51-43)37-18-9-3-10-19-37)39-28-29-47-42(30-39)40-22-13-23-41(48(40)55-47)46-32-44(35-16-7-2-8-17-35)52-50(54-46)38-20-11-4-12-21-38/h1-32H. The first-order chi connectivity index (χ1) is 27.2. The van der Waals surface area contributed by atoms with Gasteiger partial charge in [0.15, 0.2) is 11.6 Å². The van der Waals surface area contributed by atoms with Crippen molar-refractivity contribution in [3.05, 3.63) is 194 Å². The van der Waals surface area contributed by atoms with Crippen LogP contribution in [0.4, 0.5) is 0 Å². The lowest BCUT2D eigenvalue weighted by atomic mass is 10.0. The Morgan fingerprint density at radius 3 is 1.33 bits per heavy atom. The molecule has 258 valence electrons. The highest BCUT2D eigenvalue weighted by Crippen LogP contribution is 2.42. The molecule has 0 radical (unpaired) electrons. The molecule has 0 aliphatic rings. The minimum absolute atomic E-state index is 0.699. The van der Waals surface area contributed by atoms with Crippen LogP contribution in [0.1, 0.15) is 0 Å². The zero-order valence-corrected chi connectivity index (χ0v) is 30.5. The lowest BCUT2D eigenvalue weighted by molar-refractivity contribution is 1.18. The van der Waals surface area contributed by atoms with Crippen LogP contribution in [0.15, 0.2) is 194 Å². The molecule has 10 aromatic rings. The highest BCUT2D eigenvalue weighted by Gasteiger charge is 2.17. The van der Waals surface area contributed by atoms with E-state index in [9.17, 15) is 0 Å². The van der Waals surface area contributed by atoms with Gasteiger partial charge in [-0.25, -0.2) is 19.9 Å². The third kappa shape index (κ3) is 6.37. The van der Waals surface area contributed by atoms with E-state index in [1.807, 2.05) is 48.5 Å². The molecule has 0 N–H and O–H groups in total. The molecule has 0 amide bonds. The Bertz CT molecular complexity index is 2890. The molecule has 10 rings (SSSR count). The number of thiophene rings is 1. The third-order valence-corrected chi connectivity index (χ3v) is 11.2. The van der Waals surface area contributed by atoms with E-state index in [0.29, 0.717) is 11.6 Å². The molecule has 0 atom stereocenters. The van der Waals surface area contributed by atoms with Crippen LogP contribution < -0.4 is 0 Å². The number of nitrogens with zero attached hydrogens (tertiary/aromatic N) is 4. The molecule has 0 unspecified atom stereocenters. The summed E-state index contributed by atoms with van der Waals surface area (Å²) >= 11 is 1.80. The zero-order chi connectivity index (χ0) is 36.6. The first kappa shape index (κ1) is 32.6. The van der Waals surface area contributed by atoms with Gasteiger partial charge in [0, 0.05) is 53.6 Å². The fourth-order valence-electron chi connectivity index (χ4n) is 7.14. The van der Waals surface area contributed by atoms with Gasteiger partial charge in [-0.05, 0) is 35.4 Å². The summed E-state index contributed by atoms with van der Waals surface area (Å²) in [6.07, 6.45) is 0. The minimum atomic E-state index is 0.699. The average Bonchev–Trinajstić information content (AvgIpc) is 3.66. The van der Waals surface area contributed by atoms with Crippen LogP contribution in [-0.4, -0.2) is 19.9 Å². The van der Waals surface area contributed by atoms with Crippen LogP contribution in [0.2, 0.25) is 0 Å². The summed E-state index contributed by atoms with van der Waals surface area (Å²) in [7, 11) is 0. The molecule has 0 spiro atoms. The number of hydrogen-bond donors (Lipinski definition) is 0. The van der Waals surface area contributed by atoms with Gasteiger partial charge >= 0.3 is 0 Å². The van der Waals surface area contributed by atoms with E-state index in [1.54, 1.807) is 11.3 Å². The van der Waals surface area contributed by atoms with E-state index in [0.717, 1.165) is 56.2 Å². The summed E-state index contributed by atoms with van der Waals surface area (Å²) in [6, 6.07) is 67.3. The van der Waals surface area contributed by atoms with Crippen molar-refractivity contribution in [1.82, 2.24) is 19.9 Å². The van der Waals surface area contributed by atoms with Gasteiger partial charge in [0.1, 0.15) is 0 Å². The molecule has 0 fully saturated rings. The quantitative estimate of drug-likeness (QED) is 0.164. The van der Waals surface area contributed by atoms with Gasteiger partial charge in [-0.3, -0.25) is 0 Å². The van der Waals surface area contributed by atoms with Crippen LogP contribution >= 0.6 is 11.3 Å². The Hall–Kier alpha value is -7.08. The van der Waals surface area contributed by atoms with Gasteiger partial charge in [0.05, 0.1) is 22.8 Å². The number of aromatic nitrogens is 4. The van der Waals surface area contributed by atoms with Crippen molar-refractivity contribution < 1.29 is 0 Å². The molecule has 5 heteroatoms. The predicted molar refractivity (Wildman–Crippen MR) is 229 cm³/mol. The Balaban J connectivity index is 1.10. The zero-order valence-electron chi connectivity index (χ0n) is 29.7. The first-order valence-electron chi connectivity index (χ1n) is 18.3. The summed E-state index contributed by atoms with van der Waals surface area (Å²) in [5.74, 6) is 1.41. The Morgan fingerprint density at radius 1 is 0.291 bits per heavy atom. The SMILES string of the molecule is c1ccc(-c2ccc(-c3cc(-c4ccc5sc6c(-c7cc(-c8ccccc8)nc(-c8ccccc8)n7)cccc6c5c4)nc(-c4ccccc4)n3)cc2)cc1.